The van der Waals surface area contributed by atoms with Crippen LogP contribution in [-0.2, 0) is 0 Å². The smallest absolute Gasteiger partial charge is 0.393 e. The van der Waals surface area contributed by atoms with E-state index in [9.17, 15) is 13.2 Å². The molecule has 1 aliphatic heterocycles. The van der Waals surface area contributed by atoms with Crippen molar-refractivity contribution in [2.24, 2.45) is 5.92 Å². The molecule has 2 heterocycles. The molecule has 1 unspecified atom stereocenters. The van der Waals surface area contributed by atoms with E-state index in [0.29, 0.717) is 19.6 Å². The highest BCUT2D eigenvalue weighted by Crippen LogP contribution is 2.34. The molecule has 9 heteroatoms. The van der Waals surface area contributed by atoms with E-state index in [-0.39, 0.29) is 30.2 Å². The molecule has 0 saturated carbocycles. The van der Waals surface area contributed by atoms with Gasteiger partial charge in [0.25, 0.3) is 0 Å². The van der Waals surface area contributed by atoms with Crippen molar-refractivity contribution in [3.05, 3.63) is 5.28 Å². The molecular formula is C11H14ClF3N4O. The van der Waals surface area contributed by atoms with Crippen molar-refractivity contribution in [1.29, 1.82) is 0 Å². The number of anilines is 1. The minimum atomic E-state index is -4.21. The first-order chi connectivity index (χ1) is 9.40. The maximum atomic E-state index is 12.8. The number of halogens is 4. The van der Waals surface area contributed by atoms with Crippen LogP contribution in [0.15, 0.2) is 0 Å². The van der Waals surface area contributed by atoms with Crippen LogP contribution in [0.2, 0.25) is 5.28 Å². The summed E-state index contributed by atoms with van der Waals surface area (Å²) in [5.74, 6) is -1.25. The monoisotopic (exact) mass is 310 g/mol. The summed E-state index contributed by atoms with van der Waals surface area (Å²) >= 11 is 5.74. The minimum absolute atomic E-state index is 0.0247. The molecule has 0 N–H and O–H groups in total. The molecule has 1 fully saturated rings. The first-order valence-corrected chi connectivity index (χ1v) is 6.64. The Kier molecular flexibility index (Phi) is 4.52. The summed E-state index contributed by atoms with van der Waals surface area (Å²) in [7, 11) is 0. The fourth-order valence-electron chi connectivity index (χ4n) is 2.08. The number of hydrogen-bond acceptors (Lipinski definition) is 5. The topological polar surface area (TPSA) is 51.1 Å². The summed E-state index contributed by atoms with van der Waals surface area (Å²) in [6.45, 7) is 2.37. The Balaban J connectivity index is 2.18. The van der Waals surface area contributed by atoms with Crippen LogP contribution in [0, 0.1) is 5.92 Å². The summed E-state index contributed by atoms with van der Waals surface area (Å²) < 4.78 is 43.5. The predicted molar refractivity (Wildman–Crippen MR) is 67.0 cm³/mol. The van der Waals surface area contributed by atoms with Crippen molar-refractivity contribution >= 4 is 17.5 Å². The number of nitrogens with zero attached hydrogens (tertiary/aromatic N) is 4. The van der Waals surface area contributed by atoms with Gasteiger partial charge in [-0.3, -0.25) is 0 Å². The van der Waals surface area contributed by atoms with Crippen LogP contribution in [0.4, 0.5) is 19.1 Å². The first kappa shape index (κ1) is 15.1. The van der Waals surface area contributed by atoms with Gasteiger partial charge >= 0.3 is 12.2 Å². The molecule has 112 valence electrons. The van der Waals surface area contributed by atoms with E-state index in [4.69, 9.17) is 16.3 Å². The van der Waals surface area contributed by atoms with Gasteiger partial charge in [-0.1, -0.05) is 0 Å². The number of rotatable bonds is 3. The molecule has 1 aromatic heterocycles. The third-order valence-corrected chi connectivity index (χ3v) is 3.19. The molecule has 0 aliphatic carbocycles. The molecule has 0 bridgehead atoms. The summed E-state index contributed by atoms with van der Waals surface area (Å²) in [6, 6.07) is 0.0247. The van der Waals surface area contributed by atoms with Gasteiger partial charge in [-0.25, -0.2) is 0 Å². The third-order valence-electron chi connectivity index (χ3n) is 3.02. The molecule has 5 nitrogen and oxygen atoms in total. The van der Waals surface area contributed by atoms with Crippen LogP contribution in [0.1, 0.15) is 19.8 Å². The average molecular weight is 311 g/mol. The fourth-order valence-corrected chi connectivity index (χ4v) is 2.23. The number of piperidine rings is 1. The standard InChI is InChI=1S/C11H14ClF3N4O/c1-2-20-10-17-8(12)16-9(18-10)19-5-3-4-7(6-19)11(13,14)15/h7H,2-6H2,1H3. The number of ether oxygens (including phenoxy) is 1. The summed E-state index contributed by atoms with van der Waals surface area (Å²) in [4.78, 5) is 13.1. The van der Waals surface area contributed by atoms with E-state index in [1.54, 1.807) is 6.92 Å². The van der Waals surface area contributed by atoms with Crippen molar-refractivity contribution in [3.8, 4) is 6.01 Å². The van der Waals surface area contributed by atoms with Gasteiger partial charge in [0.1, 0.15) is 0 Å². The molecule has 1 aliphatic rings. The predicted octanol–water partition coefficient (Wildman–Crippen LogP) is 2.70. The second-order valence-corrected chi connectivity index (χ2v) is 4.78. The van der Waals surface area contributed by atoms with Crippen molar-refractivity contribution in [2.45, 2.75) is 25.9 Å². The normalized spacial score (nSPS) is 20.1. The van der Waals surface area contributed by atoms with Gasteiger partial charge in [0.15, 0.2) is 0 Å². The fraction of sp³-hybridized carbons (Fsp3) is 0.727. The van der Waals surface area contributed by atoms with Crippen LogP contribution in [0.3, 0.4) is 0 Å². The molecule has 0 radical (unpaired) electrons. The lowest BCUT2D eigenvalue weighted by atomic mass is 9.98. The van der Waals surface area contributed by atoms with E-state index < -0.39 is 12.1 Å². The molecule has 1 saturated heterocycles. The molecule has 20 heavy (non-hydrogen) atoms. The van der Waals surface area contributed by atoms with Gasteiger partial charge < -0.3 is 9.64 Å². The van der Waals surface area contributed by atoms with Crippen molar-refractivity contribution < 1.29 is 17.9 Å². The van der Waals surface area contributed by atoms with Crippen LogP contribution in [0.5, 0.6) is 6.01 Å². The highest BCUT2D eigenvalue weighted by molar-refractivity contribution is 6.28. The zero-order valence-electron chi connectivity index (χ0n) is 10.8. The van der Waals surface area contributed by atoms with Gasteiger partial charge in [-0.2, -0.15) is 28.1 Å². The van der Waals surface area contributed by atoms with Crippen LogP contribution < -0.4 is 9.64 Å². The second kappa shape index (κ2) is 5.99. The SMILES string of the molecule is CCOc1nc(Cl)nc(N2CCCC(C(F)(F)F)C2)n1. The summed E-state index contributed by atoms with van der Waals surface area (Å²) in [6.07, 6.45) is -3.66. The highest BCUT2D eigenvalue weighted by atomic mass is 35.5. The van der Waals surface area contributed by atoms with Gasteiger partial charge in [-0.05, 0) is 31.4 Å². The Hall–Kier alpha value is -1.31. The van der Waals surface area contributed by atoms with Gasteiger partial charge in [-0.15, -0.1) is 0 Å². The maximum Gasteiger partial charge on any atom is 0.393 e. The van der Waals surface area contributed by atoms with E-state index in [1.165, 1.54) is 4.90 Å². The number of hydrogen-bond donors (Lipinski definition) is 0. The Bertz CT molecular complexity index is 471. The Morgan fingerprint density at radius 3 is 2.75 bits per heavy atom. The Labute approximate surface area is 119 Å². The molecule has 0 spiro atoms. The molecule has 0 aromatic carbocycles. The van der Waals surface area contributed by atoms with E-state index in [0.717, 1.165) is 0 Å². The lowest BCUT2D eigenvalue weighted by molar-refractivity contribution is -0.176. The van der Waals surface area contributed by atoms with Crippen molar-refractivity contribution in [3.63, 3.8) is 0 Å². The van der Waals surface area contributed by atoms with E-state index >= 15 is 0 Å². The molecule has 0 amide bonds. The van der Waals surface area contributed by atoms with Crippen LogP contribution in [0.25, 0.3) is 0 Å². The molecule has 2 rings (SSSR count). The summed E-state index contributed by atoms with van der Waals surface area (Å²) in [5, 5.41) is -0.0902. The quantitative estimate of drug-likeness (QED) is 0.859. The van der Waals surface area contributed by atoms with Gasteiger partial charge in [0, 0.05) is 13.1 Å². The van der Waals surface area contributed by atoms with E-state index in [2.05, 4.69) is 15.0 Å². The lowest BCUT2D eigenvalue weighted by Crippen LogP contribution is -2.42. The van der Waals surface area contributed by atoms with E-state index in [1.807, 2.05) is 0 Å². The largest absolute Gasteiger partial charge is 0.464 e. The van der Waals surface area contributed by atoms with Gasteiger partial charge in [0.2, 0.25) is 11.2 Å². The average Bonchev–Trinajstić information content (AvgIpc) is 2.37. The lowest BCUT2D eigenvalue weighted by Gasteiger charge is -2.33. The molecular weight excluding hydrogens is 297 g/mol. The third kappa shape index (κ3) is 3.62. The molecule has 1 atom stereocenters. The second-order valence-electron chi connectivity index (χ2n) is 4.45. The molecule has 1 aromatic rings. The highest BCUT2D eigenvalue weighted by Gasteiger charge is 2.42. The Morgan fingerprint density at radius 1 is 1.35 bits per heavy atom. The Morgan fingerprint density at radius 2 is 2.10 bits per heavy atom. The zero-order valence-corrected chi connectivity index (χ0v) is 11.6. The van der Waals surface area contributed by atoms with Crippen molar-refractivity contribution in [1.82, 2.24) is 15.0 Å². The van der Waals surface area contributed by atoms with Crippen LogP contribution >= 0.6 is 11.6 Å². The van der Waals surface area contributed by atoms with Gasteiger partial charge in [0.05, 0.1) is 12.5 Å². The van der Waals surface area contributed by atoms with Crippen molar-refractivity contribution in [2.75, 3.05) is 24.6 Å². The minimum Gasteiger partial charge on any atom is -0.464 e. The zero-order chi connectivity index (χ0) is 14.8. The summed E-state index contributed by atoms with van der Waals surface area (Å²) in [5.41, 5.74) is 0. The van der Waals surface area contributed by atoms with Crippen LogP contribution in [-0.4, -0.2) is 40.8 Å². The maximum absolute atomic E-state index is 12.8. The first-order valence-electron chi connectivity index (χ1n) is 6.26. The number of alkyl halides is 3. The number of aromatic nitrogens is 3.